The lowest BCUT2D eigenvalue weighted by Gasteiger charge is -2.28. The van der Waals surface area contributed by atoms with Gasteiger partial charge in [-0.1, -0.05) is 18.2 Å². The fourth-order valence-electron chi connectivity index (χ4n) is 1.67. The molecule has 0 amide bonds. The zero-order valence-corrected chi connectivity index (χ0v) is 7.95. The van der Waals surface area contributed by atoms with Crippen LogP contribution in [0.4, 0.5) is 0 Å². The second-order valence-corrected chi connectivity index (χ2v) is 4.14. The van der Waals surface area contributed by atoms with Crippen molar-refractivity contribution in [2.24, 2.45) is 0 Å². The first-order chi connectivity index (χ1) is 6.09. The van der Waals surface area contributed by atoms with E-state index in [-0.39, 0.29) is 5.54 Å². The maximum atomic E-state index is 11.5. The maximum absolute atomic E-state index is 11.5. The second-order valence-electron chi connectivity index (χ2n) is 4.14. The van der Waals surface area contributed by atoms with E-state index in [2.05, 4.69) is 6.07 Å². The van der Waals surface area contributed by atoms with Crippen LogP contribution >= 0.6 is 0 Å². The Morgan fingerprint density at radius 1 is 1.31 bits per heavy atom. The average molecular weight is 175 g/mol. The molecule has 1 aromatic rings. The molecule has 2 nitrogen and oxygen atoms in total. The van der Waals surface area contributed by atoms with Crippen LogP contribution in [0.25, 0.3) is 0 Å². The van der Waals surface area contributed by atoms with Gasteiger partial charge in [-0.25, -0.2) is 4.74 Å². The molecule has 0 aromatic heterocycles. The van der Waals surface area contributed by atoms with E-state index in [1.54, 1.807) is 6.21 Å². The van der Waals surface area contributed by atoms with Crippen LogP contribution in [0.5, 0.6) is 0 Å². The fourth-order valence-corrected chi connectivity index (χ4v) is 1.67. The number of hydrogen-bond donors (Lipinski definition) is 0. The summed E-state index contributed by atoms with van der Waals surface area (Å²) >= 11 is 0. The summed E-state index contributed by atoms with van der Waals surface area (Å²) in [5, 5.41) is 11.5. The summed E-state index contributed by atoms with van der Waals surface area (Å²) in [7, 11) is 0. The maximum Gasteiger partial charge on any atom is 0.182 e. The topological polar surface area (TPSA) is 26.1 Å². The summed E-state index contributed by atoms with van der Waals surface area (Å²) in [5.74, 6) is 0. The Bertz CT molecular complexity index is 366. The minimum Gasteiger partial charge on any atom is -0.623 e. The minimum atomic E-state index is -0.297. The first-order valence-corrected chi connectivity index (χ1v) is 4.49. The van der Waals surface area contributed by atoms with Gasteiger partial charge < -0.3 is 5.21 Å². The highest BCUT2D eigenvalue weighted by Crippen LogP contribution is 2.22. The monoisotopic (exact) mass is 175 g/mol. The van der Waals surface area contributed by atoms with E-state index >= 15 is 0 Å². The van der Waals surface area contributed by atoms with Gasteiger partial charge in [0.15, 0.2) is 11.8 Å². The highest BCUT2D eigenvalue weighted by atomic mass is 16.5. The van der Waals surface area contributed by atoms with Crippen LogP contribution in [0.1, 0.15) is 25.0 Å². The molecule has 1 aromatic carbocycles. The van der Waals surface area contributed by atoms with Gasteiger partial charge in [0, 0.05) is 25.8 Å². The van der Waals surface area contributed by atoms with Crippen molar-refractivity contribution < 1.29 is 4.74 Å². The largest absolute Gasteiger partial charge is 0.623 e. The van der Waals surface area contributed by atoms with Gasteiger partial charge in [0.1, 0.15) is 0 Å². The number of fused-ring (bicyclic) bond motifs is 1. The Morgan fingerprint density at radius 2 is 2.00 bits per heavy atom. The predicted octanol–water partition coefficient (Wildman–Crippen LogP) is 1.95. The summed E-state index contributed by atoms with van der Waals surface area (Å²) in [6.07, 6.45) is 2.50. The molecule has 2 heteroatoms. The van der Waals surface area contributed by atoms with Crippen molar-refractivity contribution in [3.8, 4) is 0 Å². The third kappa shape index (κ3) is 1.32. The van der Waals surface area contributed by atoms with Gasteiger partial charge in [-0.3, -0.25) is 0 Å². The molecular weight excluding hydrogens is 162 g/mol. The molecule has 0 saturated heterocycles. The van der Waals surface area contributed by atoms with Crippen molar-refractivity contribution in [3.63, 3.8) is 0 Å². The van der Waals surface area contributed by atoms with E-state index in [0.717, 1.165) is 16.7 Å². The van der Waals surface area contributed by atoms with Crippen LogP contribution in [0.2, 0.25) is 0 Å². The molecule has 0 spiro atoms. The molecule has 13 heavy (non-hydrogen) atoms. The van der Waals surface area contributed by atoms with Crippen molar-refractivity contribution in [1.29, 1.82) is 0 Å². The van der Waals surface area contributed by atoms with Crippen LogP contribution in [-0.4, -0.2) is 16.5 Å². The van der Waals surface area contributed by atoms with Crippen LogP contribution < -0.4 is 0 Å². The Labute approximate surface area is 78.1 Å². The highest BCUT2D eigenvalue weighted by molar-refractivity contribution is 5.79. The van der Waals surface area contributed by atoms with Crippen LogP contribution in [0, 0.1) is 5.21 Å². The van der Waals surface area contributed by atoms with Crippen LogP contribution in [0.3, 0.4) is 0 Å². The lowest BCUT2D eigenvalue weighted by atomic mass is 9.90. The first kappa shape index (κ1) is 8.30. The highest BCUT2D eigenvalue weighted by Gasteiger charge is 2.31. The van der Waals surface area contributed by atoms with Gasteiger partial charge in [-0.05, 0) is 11.6 Å². The Balaban J connectivity index is 2.53. The van der Waals surface area contributed by atoms with Crippen molar-refractivity contribution in [2.45, 2.75) is 25.8 Å². The molecule has 0 saturated carbocycles. The molecular formula is C11H13NO. The summed E-state index contributed by atoms with van der Waals surface area (Å²) in [4.78, 5) is 0. The van der Waals surface area contributed by atoms with Crippen molar-refractivity contribution in [1.82, 2.24) is 0 Å². The van der Waals surface area contributed by atoms with Crippen molar-refractivity contribution >= 4 is 6.21 Å². The van der Waals surface area contributed by atoms with Crippen molar-refractivity contribution in [2.75, 3.05) is 0 Å². The number of benzene rings is 1. The molecule has 0 N–H and O–H groups in total. The van der Waals surface area contributed by atoms with E-state index in [9.17, 15) is 5.21 Å². The Morgan fingerprint density at radius 3 is 2.77 bits per heavy atom. The summed E-state index contributed by atoms with van der Waals surface area (Å²) in [6, 6.07) is 8.04. The molecule has 68 valence electrons. The molecule has 0 atom stereocenters. The third-order valence-electron chi connectivity index (χ3n) is 2.53. The Kier molecular flexibility index (Phi) is 1.65. The molecule has 1 heterocycles. The standard InChI is InChI=1S/C11H13NO/c1-11(2)7-9-5-3-4-6-10(9)8-12(11)13/h3-6,8H,7H2,1-2H3. The number of hydrogen-bond acceptors (Lipinski definition) is 1. The molecule has 0 bridgehead atoms. The molecule has 2 rings (SSSR count). The SMILES string of the molecule is CC1(C)Cc2ccccc2C=[N+]1[O-]. The summed E-state index contributed by atoms with van der Waals surface area (Å²) in [5.41, 5.74) is 2.02. The lowest BCUT2D eigenvalue weighted by molar-refractivity contribution is -0.537. The van der Waals surface area contributed by atoms with Gasteiger partial charge in [0.25, 0.3) is 0 Å². The number of hydroxylamine groups is 1. The first-order valence-electron chi connectivity index (χ1n) is 4.49. The molecule has 0 fully saturated rings. The zero-order chi connectivity index (χ0) is 9.47. The van der Waals surface area contributed by atoms with Gasteiger partial charge >= 0.3 is 0 Å². The van der Waals surface area contributed by atoms with E-state index in [4.69, 9.17) is 0 Å². The van der Waals surface area contributed by atoms with Crippen LogP contribution in [-0.2, 0) is 6.42 Å². The average Bonchev–Trinajstić information content (AvgIpc) is 2.06. The Hall–Kier alpha value is -1.31. The van der Waals surface area contributed by atoms with Crippen molar-refractivity contribution in [3.05, 3.63) is 40.6 Å². The summed E-state index contributed by atoms with van der Waals surface area (Å²) in [6.45, 7) is 3.93. The molecule has 1 aliphatic rings. The quantitative estimate of drug-likeness (QED) is 0.437. The predicted molar refractivity (Wildman–Crippen MR) is 53.0 cm³/mol. The normalized spacial score (nSPS) is 19.1. The lowest BCUT2D eigenvalue weighted by Crippen LogP contribution is -2.39. The van der Waals surface area contributed by atoms with Gasteiger partial charge in [0.05, 0.1) is 0 Å². The summed E-state index contributed by atoms with van der Waals surface area (Å²) < 4.78 is 1.05. The van der Waals surface area contributed by atoms with E-state index in [1.165, 1.54) is 5.56 Å². The molecule has 0 radical (unpaired) electrons. The van der Waals surface area contributed by atoms with E-state index in [1.807, 2.05) is 32.0 Å². The van der Waals surface area contributed by atoms with E-state index < -0.39 is 0 Å². The number of nitrogens with zero attached hydrogens (tertiary/aromatic N) is 1. The molecule has 0 unspecified atom stereocenters. The molecule has 0 aliphatic carbocycles. The van der Waals surface area contributed by atoms with Gasteiger partial charge in [-0.2, -0.15) is 0 Å². The van der Waals surface area contributed by atoms with Gasteiger partial charge in [0.2, 0.25) is 0 Å². The van der Waals surface area contributed by atoms with E-state index in [0.29, 0.717) is 0 Å². The van der Waals surface area contributed by atoms with Gasteiger partial charge in [-0.15, -0.1) is 0 Å². The molecule has 1 aliphatic heterocycles. The fraction of sp³-hybridized carbons (Fsp3) is 0.364. The zero-order valence-electron chi connectivity index (χ0n) is 7.95. The second kappa shape index (κ2) is 2.59. The third-order valence-corrected chi connectivity index (χ3v) is 2.53. The van der Waals surface area contributed by atoms with Crippen LogP contribution in [0.15, 0.2) is 24.3 Å². The smallest absolute Gasteiger partial charge is 0.182 e. The number of rotatable bonds is 0. The minimum absolute atomic E-state index is 0.297.